The quantitative estimate of drug-likeness (QED) is 0.565. The number of rotatable bonds is 1. The first-order chi connectivity index (χ1) is 4.30. The predicted octanol–water partition coefficient (Wildman–Crippen LogP) is 0.131. The van der Waals surface area contributed by atoms with Crippen LogP contribution in [0, 0.1) is 0 Å². The summed E-state index contributed by atoms with van der Waals surface area (Å²) in [6, 6.07) is 0. The Labute approximate surface area is 57.0 Å². The molecule has 9 heavy (non-hydrogen) atoms. The Kier molecular flexibility index (Phi) is 1.89. The highest BCUT2D eigenvalue weighted by Gasteiger charge is 2.06. The van der Waals surface area contributed by atoms with E-state index in [1.165, 1.54) is 11.8 Å². The van der Waals surface area contributed by atoms with E-state index in [0.29, 0.717) is 11.5 Å². The summed E-state index contributed by atoms with van der Waals surface area (Å²) in [5, 5.41) is 1.83. The third kappa shape index (κ3) is 1.57. The summed E-state index contributed by atoms with van der Waals surface area (Å²) in [6.45, 7) is 0. The van der Waals surface area contributed by atoms with E-state index >= 15 is 0 Å². The van der Waals surface area contributed by atoms with E-state index in [4.69, 9.17) is 5.73 Å². The van der Waals surface area contributed by atoms with Gasteiger partial charge >= 0.3 is 0 Å². The standard InChI is InChI=1S/C5H6N2OS/c6-5(8)4-3-9-2-1-7-4/h1-2H,3H2,(H2,6,8). The van der Waals surface area contributed by atoms with Crippen LogP contribution < -0.4 is 5.73 Å². The average molecular weight is 142 g/mol. The van der Waals surface area contributed by atoms with Gasteiger partial charge in [0.25, 0.3) is 5.91 Å². The largest absolute Gasteiger partial charge is 0.365 e. The number of carbonyl (C=O) groups is 1. The van der Waals surface area contributed by atoms with Crippen LogP contribution in [0.15, 0.2) is 16.6 Å². The lowest BCUT2D eigenvalue weighted by molar-refractivity contribution is -0.112. The van der Waals surface area contributed by atoms with Crippen molar-refractivity contribution in [3.63, 3.8) is 0 Å². The van der Waals surface area contributed by atoms with Gasteiger partial charge in [-0.1, -0.05) is 0 Å². The fourth-order valence-electron chi connectivity index (χ4n) is 0.462. The zero-order chi connectivity index (χ0) is 6.69. The van der Waals surface area contributed by atoms with Crippen LogP contribution in [0.4, 0.5) is 0 Å². The van der Waals surface area contributed by atoms with Crippen LogP contribution in [0.2, 0.25) is 0 Å². The summed E-state index contributed by atoms with van der Waals surface area (Å²) < 4.78 is 0. The number of amides is 1. The van der Waals surface area contributed by atoms with Crippen LogP contribution in [-0.4, -0.2) is 17.4 Å². The van der Waals surface area contributed by atoms with E-state index in [1.807, 2.05) is 5.41 Å². The third-order valence-corrected chi connectivity index (χ3v) is 1.65. The molecule has 1 heterocycles. The molecular formula is C5H6N2OS. The van der Waals surface area contributed by atoms with Crippen molar-refractivity contribution in [2.45, 2.75) is 0 Å². The van der Waals surface area contributed by atoms with Crippen LogP contribution in [0.3, 0.4) is 0 Å². The van der Waals surface area contributed by atoms with Gasteiger partial charge in [-0.2, -0.15) is 0 Å². The first-order valence-corrected chi connectivity index (χ1v) is 3.48. The van der Waals surface area contributed by atoms with Gasteiger partial charge in [-0.25, -0.2) is 0 Å². The number of hydrogen-bond donors (Lipinski definition) is 1. The van der Waals surface area contributed by atoms with Crippen LogP contribution in [0.5, 0.6) is 0 Å². The van der Waals surface area contributed by atoms with Gasteiger partial charge in [0.1, 0.15) is 5.71 Å². The molecule has 48 valence electrons. The molecule has 0 unspecified atom stereocenters. The molecule has 0 atom stereocenters. The smallest absolute Gasteiger partial charge is 0.263 e. The second kappa shape index (κ2) is 2.68. The number of thioether (sulfide) groups is 1. The number of hydrogen-bond acceptors (Lipinski definition) is 3. The third-order valence-electron chi connectivity index (χ3n) is 0.892. The summed E-state index contributed by atoms with van der Waals surface area (Å²) in [6.07, 6.45) is 1.58. The Balaban J connectivity index is 2.68. The summed E-state index contributed by atoms with van der Waals surface area (Å²) in [4.78, 5) is 14.2. The van der Waals surface area contributed by atoms with Crippen LogP contribution in [-0.2, 0) is 4.79 Å². The summed E-state index contributed by atoms with van der Waals surface area (Å²) in [5.41, 5.74) is 5.40. The van der Waals surface area contributed by atoms with Gasteiger partial charge in [-0.15, -0.1) is 11.8 Å². The monoisotopic (exact) mass is 142 g/mol. The van der Waals surface area contributed by atoms with E-state index in [0.717, 1.165) is 0 Å². The lowest BCUT2D eigenvalue weighted by atomic mass is 10.4. The van der Waals surface area contributed by atoms with Crippen molar-refractivity contribution >= 4 is 23.4 Å². The van der Waals surface area contributed by atoms with Crippen molar-refractivity contribution in [3.05, 3.63) is 11.6 Å². The van der Waals surface area contributed by atoms with Gasteiger partial charge < -0.3 is 5.73 Å². The lowest BCUT2D eigenvalue weighted by Gasteiger charge is -2.00. The van der Waals surface area contributed by atoms with Gasteiger partial charge in [0.15, 0.2) is 0 Å². The normalized spacial score (nSPS) is 17.1. The molecular weight excluding hydrogens is 136 g/mol. The molecule has 0 aromatic carbocycles. The number of aliphatic imine (C=N–C) groups is 1. The molecule has 0 spiro atoms. The zero-order valence-corrected chi connectivity index (χ0v) is 5.52. The van der Waals surface area contributed by atoms with E-state index in [9.17, 15) is 4.79 Å². The molecule has 0 bridgehead atoms. The second-order valence-electron chi connectivity index (χ2n) is 1.54. The molecule has 2 N–H and O–H groups in total. The van der Waals surface area contributed by atoms with Crippen LogP contribution in [0.1, 0.15) is 0 Å². The molecule has 0 saturated heterocycles. The minimum atomic E-state index is -0.424. The number of nitrogens with zero attached hydrogens (tertiary/aromatic N) is 1. The second-order valence-corrected chi connectivity index (χ2v) is 2.43. The van der Waals surface area contributed by atoms with Gasteiger partial charge in [0.2, 0.25) is 0 Å². The van der Waals surface area contributed by atoms with Crippen LogP contribution in [0.25, 0.3) is 0 Å². The average Bonchev–Trinajstić information content (AvgIpc) is 1.90. The minimum absolute atomic E-state index is 0.424. The van der Waals surface area contributed by atoms with Crippen molar-refractivity contribution in [2.75, 3.05) is 5.75 Å². The van der Waals surface area contributed by atoms with Gasteiger partial charge in [-0.05, 0) is 5.41 Å². The van der Waals surface area contributed by atoms with Crippen molar-refractivity contribution in [2.24, 2.45) is 10.7 Å². The molecule has 4 heteroatoms. The van der Waals surface area contributed by atoms with E-state index in [2.05, 4.69) is 4.99 Å². The fourth-order valence-corrected chi connectivity index (χ4v) is 1.08. The number of carbonyl (C=O) groups excluding carboxylic acids is 1. The molecule has 0 saturated carbocycles. The molecule has 0 radical (unpaired) electrons. The van der Waals surface area contributed by atoms with E-state index in [-0.39, 0.29) is 0 Å². The summed E-state index contributed by atoms with van der Waals surface area (Å²) in [5.74, 6) is 0.179. The summed E-state index contributed by atoms with van der Waals surface area (Å²) >= 11 is 1.52. The van der Waals surface area contributed by atoms with E-state index in [1.54, 1.807) is 6.20 Å². The summed E-state index contributed by atoms with van der Waals surface area (Å²) in [7, 11) is 0. The van der Waals surface area contributed by atoms with Gasteiger partial charge in [-0.3, -0.25) is 9.79 Å². The van der Waals surface area contributed by atoms with Gasteiger partial charge in [0, 0.05) is 12.0 Å². The highest BCUT2D eigenvalue weighted by Crippen LogP contribution is 2.07. The topological polar surface area (TPSA) is 55.5 Å². The van der Waals surface area contributed by atoms with Crippen molar-refractivity contribution in [3.8, 4) is 0 Å². The Hall–Kier alpha value is -0.770. The maximum Gasteiger partial charge on any atom is 0.263 e. The Morgan fingerprint density at radius 1 is 1.89 bits per heavy atom. The number of primary amides is 1. The minimum Gasteiger partial charge on any atom is -0.365 e. The van der Waals surface area contributed by atoms with Gasteiger partial charge in [0.05, 0.1) is 0 Å². The zero-order valence-electron chi connectivity index (χ0n) is 4.70. The van der Waals surface area contributed by atoms with E-state index < -0.39 is 5.91 Å². The maximum atomic E-state index is 10.4. The Bertz CT molecular complexity index is 185. The van der Waals surface area contributed by atoms with Crippen LogP contribution >= 0.6 is 11.8 Å². The molecule has 0 aromatic rings. The Morgan fingerprint density at radius 2 is 2.67 bits per heavy atom. The molecule has 0 aliphatic carbocycles. The molecule has 1 aliphatic rings. The predicted molar refractivity (Wildman–Crippen MR) is 38.2 cm³/mol. The number of nitrogens with two attached hydrogens (primary N) is 1. The lowest BCUT2D eigenvalue weighted by Crippen LogP contribution is -2.25. The first kappa shape index (κ1) is 6.35. The SMILES string of the molecule is NC(=O)C1=NC=CSC1. The molecule has 1 amide bonds. The highest BCUT2D eigenvalue weighted by atomic mass is 32.2. The fraction of sp³-hybridized carbons (Fsp3) is 0.200. The molecule has 1 aliphatic heterocycles. The maximum absolute atomic E-state index is 10.4. The molecule has 1 rings (SSSR count). The van der Waals surface area contributed by atoms with Crippen molar-refractivity contribution in [1.82, 2.24) is 0 Å². The molecule has 0 fully saturated rings. The molecule has 0 aromatic heterocycles. The van der Waals surface area contributed by atoms with Crippen molar-refractivity contribution in [1.29, 1.82) is 0 Å². The highest BCUT2D eigenvalue weighted by molar-refractivity contribution is 8.02. The molecule has 3 nitrogen and oxygen atoms in total. The Morgan fingerprint density at radius 3 is 3.00 bits per heavy atom. The van der Waals surface area contributed by atoms with Crippen molar-refractivity contribution < 1.29 is 4.79 Å². The first-order valence-electron chi connectivity index (χ1n) is 2.44.